The summed E-state index contributed by atoms with van der Waals surface area (Å²) in [7, 11) is 1.36. The van der Waals surface area contributed by atoms with Crippen molar-refractivity contribution in [3.63, 3.8) is 0 Å². The van der Waals surface area contributed by atoms with E-state index in [4.69, 9.17) is 9.73 Å². The first kappa shape index (κ1) is 22.1. The maximum Gasteiger partial charge on any atom is 0.311 e. The number of aryl methyl sites for hydroxylation is 2. The van der Waals surface area contributed by atoms with Crippen LogP contribution in [0, 0.1) is 13.8 Å². The summed E-state index contributed by atoms with van der Waals surface area (Å²) >= 11 is 4.70. The summed E-state index contributed by atoms with van der Waals surface area (Å²) in [6.45, 7) is 4.05. The number of fused-ring (bicyclic) bond motifs is 1. The van der Waals surface area contributed by atoms with E-state index in [0.717, 1.165) is 32.7 Å². The van der Waals surface area contributed by atoms with E-state index in [1.807, 2.05) is 50.2 Å². The van der Waals surface area contributed by atoms with Crippen molar-refractivity contribution in [2.24, 2.45) is 4.99 Å². The van der Waals surface area contributed by atoms with Gasteiger partial charge in [-0.15, -0.1) is 0 Å². The van der Waals surface area contributed by atoms with Crippen molar-refractivity contribution in [2.45, 2.75) is 20.3 Å². The smallest absolute Gasteiger partial charge is 0.311 e. The van der Waals surface area contributed by atoms with Gasteiger partial charge in [0.1, 0.15) is 0 Å². The van der Waals surface area contributed by atoms with E-state index in [0.29, 0.717) is 10.7 Å². The van der Waals surface area contributed by atoms with Crippen molar-refractivity contribution in [3.05, 3.63) is 63.8 Å². The molecule has 0 aromatic heterocycles. The zero-order valence-electron chi connectivity index (χ0n) is 16.9. The Morgan fingerprint density at radius 1 is 1.20 bits per heavy atom. The van der Waals surface area contributed by atoms with Crippen molar-refractivity contribution >= 4 is 61.7 Å². The fraction of sp³-hybridized carbons (Fsp3) is 0.227. The van der Waals surface area contributed by atoms with E-state index in [2.05, 4.69) is 26.6 Å². The van der Waals surface area contributed by atoms with Gasteiger partial charge in [-0.05, 0) is 61.4 Å². The Morgan fingerprint density at radius 3 is 2.70 bits per heavy atom. The first-order valence-corrected chi connectivity index (χ1v) is 11.0. The standard InChI is InChI=1S/C22H22BrN3O3S/c1-13-7-18-19(8-14(13)2)26-21(10-17(24-18)11-22(28)29-3)30-12-20(27)25-16-6-4-5-15(23)9-16/h4-10,24H,11-12H2,1-3H3,(H,25,27). The SMILES string of the molecule is COC(=O)CC1=CC(SCC(=O)Nc2cccc(Br)c2)=Nc2cc(C)c(C)cc2N1. The molecule has 2 aromatic carbocycles. The van der Waals surface area contributed by atoms with Gasteiger partial charge in [-0.3, -0.25) is 9.59 Å². The van der Waals surface area contributed by atoms with Crippen molar-refractivity contribution in [2.75, 3.05) is 23.5 Å². The Hall–Kier alpha value is -2.58. The Morgan fingerprint density at radius 2 is 1.97 bits per heavy atom. The lowest BCUT2D eigenvalue weighted by molar-refractivity contribution is -0.139. The molecule has 2 aromatic rings. The number of nitrogens with one attached hydrogen (secondary N) is 2. The highest BCUT2D eigenvalue weighted by Crippen LogP contribution is 2.33. The average Bonchev–Trinajstić information content (AvgIpc) is 2.85. The van der Waals surface area contributed by atoms with Gasteiger partial charge >= 0.3 is 5.97 Å². The third kappa shape index (κ3) is 5.96. The van der Waals surface area contributed by atoms with Crippen LogP contribution in [0.3, 0.4) is 0 Å². The van der Waals surface area contributed by atoms with Gasteiger partial charge in [0.25, 0.3) is 0 Å². The summed E-state index contributed by atoms with van der Waals surface area (Å²) in [5.41, 5.74) is 5.22. The molecule has 0 fully saturated rings. The van der Waals surface area contributed by atoms with E-state index < -0.39 is 0 Å². The number of halogens is 1. The van der Waals surface area contributed by atoms with Crippen molar-refractivity contribution in [3.8, 4) is 0 Å². The molecule has 2 N–H and O–H groups in total. The van der Waals surface area contributed by atoms with E-state index in [-0.39, 0.29) is 24.1 Å². The fourth-order valence-electron chi connectivity index (χ4n) is 2.80. The maximum absolute atomic E-state index is 12.4. The van der Waals surface area contributed by atoms with Gasteiger partial charge in [-0.2, -0.15) is 0 Å². The van der Waals surface area contributed by atoms with E-state index in [9.17, 15) is 9.59 Å². The van der Waals surface area contributed by atoms with Crippen LogP contribution < -0.4 is 10.6 Å². The number of aliphatic imine (C=N–C) groups is 1. The number of hydrogen-bond acceptors (Lipinski definition) is 6. The molecule has 8 heteroatoms. The third-order valence-electron chi connectivity index (χ3n) is 4.46. The largest absolute Gasteiger partial charge is 0.469 e. The van der Waals surface area contributed by atoms with E-state index in [1.165, 1.54) is 18.9 Å². The number of anilines is 2. The second-order valence-corrected chi connectivity index (χ2v) is 8.71. The van der Waals surface area contributed by atoms with Crippen LogP contribution in [0.1, 0.15) is 17.5 Å². The number of rotatable bonds is 5. The Kier molecular flexibility index (Phi) is 7.33. The normalized spacial score (nSPS) is 12.7. The van der Waals surface area contributed by atoms with Gasteiger partial charge in [0.2, 0.25) is 5.91 Å². The summed E-state index contributed by atoms with van der Waals surface area (Å²) < 4.78 is 5.69. The number of esters is 1. The fourth-order valence-corrected chi connectivity index (χ4v) is 3.94. The molecule has 0 spiro atoms. The lowest BCUT2D eigenvalue weighted by Gasteiger charge is -2.12. The molecule has 1 amide bonds. The summed E-state index contributed by atoms with van der Waals surface area (Å²) in [4.78, 5) is 28.9. The van der Waals surface area contributed by atoms with Crippen LogP contribution in [0.25, 0.3) is 0 Å². The van der Waals surface area contributed by atoms with Gasteiger partial charge in [0.15, 0.2) is 0 Å². The highest BCUT2D eigenvalue weighted by molar-refractivity contribution is 9.10. The topological polar surface area (TPSA) is 79.8 Å². The van der Waals surface area contributed by atoms with Crippen molar-refractivity contribution in [1.82, 2.24) is 0 Å². The number of carbonyl (C=O) groups excluding carboxylic acids is 2. The highest BCUT2D eigenvalue weighted by Gasteiger charge is 2.16. The van der Waals surface area contributed by atoms with Crippen molar-refractivity contribution < 1.29 is 14.3 Å². The Balaban J connectivity index is 1.79. The molecule has 0 saturated carbocycles. The molecule has 0 radical (unpaired) electrons. The van der Waals surface area contributed by atoms with Gasteiger partial charge in [0, 0.05) is 15.9 Å². The summed E-state index contributed by atoms with van der Waals surface area (Å²) in [5, 5.41) is 6.80. The number of carbonyl (C=O) groups is 2. The van der Waals surface area contributed by atoms with E-state index >= 15 is 0 Å². The minimum atomic E-state index is -0.349. The molecule has 156 valence electrons. The van der Waals surface area contributed by atoms with Crippen LogP contribution in [-0.2, 0) is 14.3 Å². The molecule has 6 nitrogen and oxygen atoms in total. The minimum absolute atomic E-state index is 0.0900. The first-order valence-electron chi connectivity index (χ1n) is 9.26. The van der Waals surface area contributed by atoms with Gasteiger partial charge < -0.3 is 15.4 Å². The Bertz CT molecular complexity index is 1050. The van der Waals surface area contributed by atoms with Gasteiger partial charge in [-0.25, -0.2) is 4.99 Å². The quantitative estimate of drug-likeness (QED) is 0.556. The minimum Gasteiger partial charge on any atom is -0.469 e. The van der Waals surface area contributed by atoms with Crippen LogP contribution in [0.2, 0.25) is 0 Å². The average molecular weight is 488 g/mol. The lowest BCUT2D eigenvalue weighted by atomic mass is 10.1. The van der Waals surface area contributed by atoms with Crippen LogP contribution in [0.4, 0.5) is 17.1 Å². The molecule has 0 unspecified atom stereocenters. The summed E-state index contributed by atoms with van der Waals surface area (Å²) in [6.07, 6.45) is 1.88. The van der Waals surface area contributed by atoms with Crippen molar-refractivity contribution in [1.29, 1.82) is 0 Å². The zero-order chi connectivity index (χ0) is 21.7. The molecule has 0 saturated heterocycles. The molecule has 1 aliphatic rings. The molecule has 1 heterocycles. The number of nitrogens with zero attached hydrogens (tertiary/aromatic N) is 1. The second-order valence-electron chi connectivity index (χ2n) is 6.80. The molecular formula is C22H22BrN3O3S. The van der Waals surface area contributed by atoms with Crippen LogP contribution in [-0.4, -0.2) is 29.8 Å². The lowest BCUT2D eigenvalue weighted by Crippen LogP contribution is -2.15. The number of benzene rings is 2. The van der Waals surface area contributed by atoms with Crippen LogP contribution >= 0.6 is 27.7 Å². The molecule has 1 aliphatic heterocycles. The highest BCUT2D eigenvalue weighted by atomic mass is 79.9. The van der Waals surface area contributed by atoms with Gasteiger partial charge in [-0.1, -0.05) is 33.8 Å². The van der Waals surface area contributed by atoms with Gasteiger partial charge in [0.05, 0.1) is 35.7 Å². The third-order valence-corrected chi connectivity index (χ3v) is 5.86. The predicted octanol–water partition coefficient (Wildman–Crippen LogP) is 5.34. The molecule has 30 heavy (non-hydrogen) atoms. The second kappa shape index (κ2) is 9.95. The maximum atomic E-state index is 12.4. The number of amides is 1. The number of methoxy groups -OCH3 is 1. The number of hydrogen-bond donors (Lipinski definition) is 2. The van der Waals surface area contributed by atoms with Crippen LogP contribution in [0.15, 0.2) is 57.6 Å². The molecule has 0 aliphatic carbocycles. The molecule has 0 atom stereocenters. The molecule has 0 bridgehead atoms. The van der Waals surface area contributed by atoms with Crippen LogP contribution in [0.5, 0.6) is 0 Å². The molecular weight excluding hydrogens is 466 g/mol. The number of thioether (sulfide) groups is 1. The zero-order valence-corrected chi connectivity index (χ0v) is 19.3. The number of ether oxygens (including phenoxy) is 1. The molecule has 3 rings (SSSR count). The predicted molar refractivity (Wildman–Crippen MR) is 127 cm³/mol. The Labute approximate surface area is 188 Å². The summed E-state index contributed by atoms with van der Waals surface area (Å²) in [5.74, 6) is -0.299. The first-order chi connectivity index (χ1) is 14.3. The van der Waals surface area contributed by atoms with E-state index in [1.54, 1.807) is 6.08 Å². The monoisotopic (exact) mass is 487 g/mol. The summed E-state index contributed by atoms with van der Waals surface area (Å²) in [6, 6.07) is 11.4.